The summed E-state index contributed by atoms with van der Waals surface area (Å²) in [6, 6.07) is 12.1. The van der Waals surface area contributed by atoms with E-state index in [2.05, 4.69) is 15.8 Å². The molecule has 0 fully saturated rings. The van der Waals surface area contributed by atoms with Crippen molar-refractivity contribution in [2.24, 2.45) is 5.10 Å². The van der Waals surface area contributed by atoms with E-state index in [-0.39, 0.29) is 12.3 Å². The molecule has 7 heteroatoms. The molecule has 2 heterocycles. The Morgan fingerprint density at radius 2 is 1.75 bits per heavy atom. The highest BCUT2D eigenvalue weighted by molar-refractivity contribution is 6.13. The molecule has 1 unspecified atom stereocenters. The third-order valence-electron chi connectivity index (χ3n) is 4.38. The molecule has 1 amide bonds. The SMILES string of the molecule is O=C1Nc2ccccc2C12CC(c1ccc(C(F)(F)F)cc1)=NN2. The van der Waals surface area contributed by atoms with Gasteiger partial charge in [0.15, 0.2) is 5.54 Å². The molecule has 4 nitrogen and oxygen atoms in total. The van der Waals surface area contributed by atoms with Gasteiger partial charge in [-0.1, -0.05) is 30.3 Å². The van der Waals surface area contributed by atoms with Gasteiger partial charge in [-0.25, -0.2) is 0 Å². The van der Waals surface area contributed by atoms with Crippen molar-refractivity contribution in [1.82, 2.24) is 5.43 Å². The quantitative estimate of drug-likeness (QED) is 0.843. The van der Waals surface area contributed by atoms with Crippen molar-refractivity contribution < 1.29 is 18.0 Å². The molecule has 122 valence electrons. The average molecular weight is 331 g/mol. The maximum Gasteiger partial charge on any atom is 0.416 e. The maximum atomic E-state index is 12.7. The molecular formula is C17H12F3N3O. The second-order valence-corrected chi connectivity index (χ2v) is 5.83. The Labute approximate surface area is 135 Å². The second kappa shape index (κ2) is 4.83. The lowest BCUT2D eigenvalue weighted by atomic mass is 9.86. The Morgan fingerprint density at radius 3 is 2.46 bits per heavy atom. The van der Waals surface area contributed by atoms with Crippen LogP contribution in [0.2, 0.25) is 0 Å². The number of benzene rings is 2. The molecule has 0 bridgehead atoms. The van der Waals surface area contributed by atoms with Gasteiger partial charge in [0.2, 0.25) is 0 Å². The lowest BCUT2D eigenvalue weighted by Crippen LogP contribution is -2.42. The molecule has 1 spiro atoms. The summed E-state index contributed by atoms with van der Waals surface area (Å²) in [6.07, 6.45) is -4.10. The van der Waals surface area contributed by atoms with Gasteiger partial charge in [-0.05, 0) is 23.8 Å². The van der Waals surface area contributed by atoms with E-state index in [1.165, 1.54) is 12.1 Å². The van der Waals surface area contributed by atoms with E-state index in [4.69, 9.17) is 0 Å². The van der Waals surface area contributed by atoms with Crippen molar-refractivity contribution >= 4 is 17.3 Å². The first-order valence-corrected chi connectivity index (χ1v) is 7.32. The van der Waals surface area contributed by atoms with E-state index < -0.39 is 17.3 Å². The summed E-state index contributed by atoms with van der Waals surface area (Å²) in [5, 5.41) is 7.01. The summed E-state index contributed by atoms with van der Waals surface area (Å²) in [4.78, 5) is 12.4. The first-order valence-electron chi connectivity index (χ1n) is 7.32. The first-order chi connectivity index (χ1) is 11.4. The zero-order chi connectivity index (χ0) is 16.9. The van der Waals surface area contributed by atoms with Gasteiger partial charge in [-0.2, -0.15) is 18.3 Å². The van der Waals surface area contributed by atoms with Gasteiger partial charge in [0, 0.05) is 17.7 Å². The molecular weight excluding hydrogens is 319 g/mol. The Morgan fingerprint density at radius 1 is 1.04 bits per heavy atom. The van der Waals surface area contributed by atoms with E-state index in [1.807, 2.05) is 18.2 Å². The van der Waals surface area contributed by atoms with Gasteiger partial charge in [0.1, 0.15) is 0 Å². The minimum atomic E-state index is -4.38. The van der Waals surface area contributed by atoms with Gasteiger partial charge in [0.25, 0.3) is 5.91 Å². The Balaban J connectivity index is 1.64. The Hall–Kier alpha value is -2.83. The molecule has 0 aromatic heterocycles. The largest absolute Gasteiger partial charge is 0.416 e. The zero-order valence-corrected chi connectivity index (χ0v) is 12.3. The Bertz CT molecular complexity index is 858. The standard InChI is InChI=1S/C17H12F3N3O/c18-17(19,20)11-7-5-10(6-8-11)14-9-16(23-22-14)12-3-1-2-4-13(12)21-15(16)24/h1-8,23H,9H2,(H,21,24). The fraction of sp³-hybridized carbons (Fsp3) is 0.176. The molecule has 0 saturated carbocycles. The van der Waals surface area contributed by atoms with Crippen molar-refractivity contribution in [3.63, 3.8) is 0 Å². The molecule has 2 aliphatic heterocycles. The van der Waals surface area contributed by atoms with Gasteiger partial charge in [-0.3, -0.25) is 10.2 Å². The average Bonchev–Trinajstić information content (AvgIpc) is 3.11. The number of fused-ring (bicyclic) bond motifs is 2. The molecule has 24 heavy (non-hydrogen) atoms. The monoisotopic (exact) mass is 331 g/mol. The number of rotatable bonds is 1. The molecule has 2 aromatic carbocycles. The smallest absolute Gasteiger partial charge is 0.323 e. The second-order valence-electron chi connectivity index (χ2n) is 5.83. The summed E-state index contributed by atoms with van der Waals surface area (Å²) in [6.45, 7) is 0. The maximum absolute atomic E-state index is 12.7. The third kappa shape index (κ3) is 2.08. The molecule has 4 rings (SSSR count). The number of amides is 1. The number of carbonyl (C=O) groups excluding carboxylic acids is 1. The van der Waals surface area contributed by atoms with Crippen LogP contribution in [0.5, 0.6) is 0 Å². The highest BCUT2D eigenvalue weighted by atomic mass is 19.4. The topological polar surface area (TPSA) is 53.5 Å². The van der Waals surface area contributed by atoms with Crippen LogP contribution in [-0.4, -0.2) is 11.6 Å². The molecule has 0 saturated heterocycles. The van der Waals surface area contributed by atoms with Crippen LogP contribution in [0.3, 0.4) is 0 Å². The van der Waals surface area contributed by atoms with Gasteiger partial charge in [0.05, 0.1) is 11.3 Å². The van der Waals surface area contributed by atoms with E-state index in [1.54, 1.807) is 6.07 Å². The van der Waals surface area contributed by atoms with Crippen LogP contribution in [0.4, 0.5) is 18.9 Å². The Kier molecular flexibility index (Phi) is 2.97. The van der Waals surface area contributed by atoms with E-state index in [9.17, 15) is 18.0 Å². The zero-order valence-electron chi connectivity index (χ0n) is 12.3. The third-order valence-corrected chi connectivity index (χ3v) is 4.38. The normalized spacial score (nSPS) is 22.1. The molecule has 2 N–H and O–H groups in total. The van der Waals surface area contributed by atoms with Crippen LogP contribution < -0.4 is 10.7 Å². The van der Waals surface area contributed by atoms with Gasteiger partial charge < -0.3 is 5.32 Å². The van der Waals surface area contributed by atoms with Crippen molar-refractivity contribution in [1.29, 1.82) is 0 Å². The minimum Gasteiger partial charge on any atom is -0.323 e. The van der Waals surface area contributed by atoms with Crippen molar-refractivity contribution in [3.8, 4) is 0 Å². The van der Waals surface area contributed by atoms with Crippen LogP contribution in [0.25, 0.3) is 0 Å². The number of nitrogens with one attached hydrogen (secondary N) is 2. The number of alkyl halides is 3. The van der Waals surface area contributed by atoms with Crippen LogP contribution in [0.15, 0.2) is 53.6 Å². The first kappa shape index (κ1) is 14.7. The van der Waals surface area contributed by atoms with Crippen LogP contribution in [0.1, 0.15) is 23.1 Å². The molecule has 1 atom stereocenters. The number of halogens is 3. The molecule has 0 radical (unpaired) electrons. The minimum absolute atomic E-state index is 0.214. The predicted octanol–water partition coefficient (Wildman–Crippen LogP) is 3.25. The molecule has 2 aliphatic rings. The number of para-hydroxylation sites is 1. The molecule has 2 aromatic rings. The summed E-state index contributed by atoms with van der Waals surface area (Å²) in [5.41, 5.74) is 3.81. The highest BCUT2D eigenvalue weighted by Gasteiger charge is 2.50. The number of anilines is 1. The summed E-state index contributed by atoms with van der Waals surface area (Å²) >= 11 is 0. The van der Waals surface area contributed by atoms with E-state index in [0.29, 0.717) is 11.3 Å². The van der Waals surface area contributed by atoms with E-state index >= 15 is 0 Å². The number of carbonyl (C=O) groups is 1. The van der Waals surface area contributed by atoms with Gasteiger partial charge in [-0.15, -0.1) is 0 Å². The number of hydrazone groups is 1. The summed E-state index contributed by atoms with van der Waals surface area (Å²) in [5.74, 6) is -0.214. The molecule has 0 aliphatic carbocycles. The van der Waals surface area contributed by atoms with Crippen LogP contribution in [0, 0.1) is 0 Å². The van der Waals surface area contributed by atoms with Crippen molar-refractivity contribution in [2.45, 2.75) is 18.1 Å². The number of hydrogen-bond donors (Lipinski definition) is 2. The predicted molar refractivity (Wildman–Crippen MR) is 82.5 cm³/mol. The number of nitrogens with zero attached hydrogens (tertiary/aromatic N) is 1. The van der Waals surface area contributed by atoms with E-state index in [0.717, 1.165) is 23.4 Å². The summed E-state index contributed by atoms with van der Waals surface area (Å²) in [7, 11) is 0. The fourth-order valence-electron chi connectivity index (χ4n) is 3.11. The summed E-state index contributed by atoms with van der Waals surface area (Å²) < 4.78 is 38.0. The van der Waals surface area contributed by atoms with Gasteiger partial charge >= 0.3 is 6.18 Å². The van der Waals surface area contributed by atoms with Crippen LogP contribution in [-0.2, 0) is 16.5 Å². The number of hydrogen-bond acceptors (Lipinski definition) is 3. The van der Waals surface area contributed by atoms with Crippen LogP contribution >= 0.6 is 0 Å². The lowest BCUT2D eigenvalue weighted by Gasteiger charge is -2.20. The van der Waals surface area contributed by atoms with Crippen molar-refractivity contribution in [3.05, 3.63) is 65.2 Å². The fourth-order valence-corrected chi connectivity index (χ4v) is 3.11. The lowest BCUT2D eigenvalue weighted by molar-refractivity contribution is -0.137. The van der Waals surface area contributed by atoms with Crippen molar-refractivity contribution in [2.75, 3.05) is 5.32 Å². The highest BCUT2D eigenvalue weighted by Crippen LogP contribution is 2.41.